The zero-order chi connectivity index (χ0) is 31.7. The third-order valence-electron chi connectivity index (χ3n) is 8.68. The molecule has 2 unspecified atom stereocenters. The van der Waals surface area contributed by atoms with Gasteiger partial charge in [0.2, 0.25) is 0 Å². The second kappa shape index (κ2) is 15.4. The van der Waals surface area contributed by atoms with Crippen molar-refractivity contribution in [1.29, 1.82) is 0 Å². The van der Waals surface area contributed by atoms with E-state index in [2.05, 4.69) is 97.1 Å². The Hall–Kier alpha value is -3.76. The molecule has 0 saturated carbocycles. The van der Waals surface area contributed by atoms with Crippen LogP contribution in [0.15, 0.2) is 97.1 Å². The van der Waals surface area contributed by atoms with Crippen molar-refractivity contribution in [2.24, 2.45) is 0 Å². The van der Waals surface area contributed by atoms with E-state index in [1.807, 2.05) is 0 Å². The topological polar surface area (TPSA) is 80.4 Å². The Balaban J connectivity index is 1.02. The molecule has 47 heavy (non-hydrogen) atoms. The van der Waals surface area contributed by atoms with Crippen LogP contribution < -0.4 is 9.47 Å². The molecule has 0 amide bonds. The Labute approximate surface area is 276 Å². The largest absolute Gasteiger partial charge is 0.491 e. The van der Waals surface area contributed by atoms with Crippen LogP contribution in [0.3, 0.4) is 0 Å². The van der Waals surface area contributed by atoms with Crippen molar-refractivity contribution in [3.05, 3.63) is 119 Å². The van der Waals surface area contributed by atoms with Crippen molar-refractivity contribution in [2.45, 2.75) is 17.6 Å². The standard InChI is InChI=1S/C39H42O8/c1-3-7-37-35(5-1)36-6-2-4-8-38(36)39(37,29-9-13-31(14-10-29)44-23-21-40-17-19-42-25-33-27-46-33)30-11-15-32(16-12-30)45-24-22-41-18-20-43-26-34-28-47-34/h1-16,33-34H,17-28H2. The van der Waals surface area contributed by atoms with E-state index in [0.717, 1.165) is 24.7 Å². The fourth-order valence-electron chi connectivity index (χ4n) is 6.26. The third kappa shape index (κ3) is 7.70. The maximum Gasteiger partial charge on any atom is 0.119 e. The molecule has 8 nitrogen and oxygen atoms in total. The van der Waals surface area contributed by atoms with Crippen LogP contribution in [0.5, 0.6) is 11.5 Å². The summed E-state index contributed by atoms with van der Waals surface area (Å²) in [5.74, 6) is 1.62. The number of epoxide rings is 2. The maximum absolute atomic E-state index is 6.03. The molecule has 2 fully saturated rings. The van der Waals surface area contributed by atoms with Gasteiger partial charge in [0.25, 0.3) is 0 Å². The molecular formula is C39H42O8. The molecular weight excluding hydrogens is 596 g/mol. The second-order valence-corrected chi connectivity index (χ2v) is 11.9. The smallest absolute Gasteiger partial charge is 0.119 e. The van der Waals surface area contributed by atoms with Crippen LogP contribution in [0.1, 0.15) is 22.3 Å². The van der Waals surface area contributed by atoms with Crippen LogP contribution in [0.25, 0.3) is 11.1 Å². The summed E-state index contributed by atoms with van der Waals surface area (Å²) >= 11 is 0. The summed E-state index contributed by atoms with van der Waals surface area (Å²) in [6.45, 7) is 7.05. The minimum atomic E-state index is -0.493. The van der Waals surface area contributed by atoms with Gasteiger partial charge in [-0.3, -0.25) is 0 Å². The molecule has 0 N–H and O–H groups in total. The molecule has 3 aliphatic rings. The first kappa shape index (κ1) is 31.8. The number of hydrogen-bond donors (Lipinski definition) is 0. The molecule has 0 aromatic heterocycles. The molecule has 246 valence electrons. The number of hydrogen-bond acceptors (Lipinski definition) is 8. The number of ether oxygens (including phenoxy) is 8. The van der Waals surface area contributed by atoms with Crippen LogP contribution in [0.4, 0.5) is 0 Å². The quantitative estimate of drug-likeness (QED) is 0.0797. The van der Waals surface area contributed by atoms with Crippen LogP contribution in [0, 0.1) is 0 Å². The van der Waals surface area contributed by atoms with E-state index in [1.54, 1.807) is 0 Å². The van der Waals surface area contributed by atoms with Crippen LogP contribution in [-0.4, -0.2) is 91.5 Å². The van der Waals surface area contributed by atoms with Gasteiger partial charge in [-0.05, 0) is 57.6 Å². The van der Waals surface area contributed by atoms with E-state index in [4.69, 9.17) is 37.9 Å². The highest BCUT2D eigenvalue weighted by Crippen LogP contribution is 2.56. The molecule has 0 bridgehead atoms. The SMILES string of the molecule is c1ccc2c(c1)-c1ccccc1C2(c1ccc(OCCOCCOCC2CO2)cc1)c1ccc(OCCOCCOCC2CO2)cc1. The lowest BCUT2D eigenvalue weighted by Gasteiger charge is -2.34. The first-order valence-corrected chi connectivity index (χ1v) is 16.5. The van der Waals surface area contributed by atoms with E-state index in [-0.39, 0.29) is 12.2 Å². The molecule has 4 aromatic rings. The molecule has 2 atom stereocenters. The lowest BCUT2D eigenvalue weighted by molar-refractivity contribution is 0.0317. The summed E-state index contributed by atoms with van der Waals surface area (Å²) in [7, 11) is 0. The molecule has 0 radical (unpaired) electrons. The van der Waals surface area contributed by atoms with Gasteiger partial charge in [0.1, 0.15) is 36.9 Å². The predicted molar refractivity (Wildman–Crippen MR) is 177 cm³/mol. The summed E-state index contributed by atoms with van der Waals surface area (Å²) in [6, 6.07) is 34.4. The lowest BCUT2D eigenvalue weighted by Crippen LogP contribution is -2.28. The third-order valence-corrected chi connectivity index (χ3v) is 8.68. The highest BCUT2D eigenvalue weighted by atomic mass is 16.6. The first-order chi connectivity index (χ1) is 23.3. The zero-order valence-corrected chi connectivity index (χ0v) is 26.6. The predicted octanol–water partition coefficient (Wildman–Crippen LogP) is 5.67. The molecule has 2 aliphatic heterocycles. The van der Waals surface area contributed by atoms with Gasteiger partial charge in [-0.1, -0.05) is 72.8 Å². The molecule has 1 aliphatic carbocycles. The Bertz CT molecular complexity index is 1440. The van der Waals surface area contributed by atoms with Crippen molar-refractivity contribution in [3.8, 4) is 22.6 Å². The summed E-state index contributed by atoms with van der Waals surface area (Å²) in [6.07, 6.45) is 0.555. The van der Waals surface area contributed by atoms with Gasteiger partial charge >= 0.3 is 0 Å². The monoisotopic (exact) mass is 638 g/mol. The average Bonchev–Trinajstić information content (AvgIpc) is 4.06. The number of rotatable bonds is 20. The zero-order valence-electron chi connectivity index (χ0n) is 26.6. The lowest BCUT2D eigenvalue weighted by atomic mass is 9.68. The molecule has 8 heteroatoms. The first-order valence-electron chi connectivity index (χ1n) is 16.5. The highest BCUT2D eigenvalue weighted by molar-refractivity contribution is 5.86. The van der Waals surface area contributed by atoms with Crippen LogP contribution in [0.2, 0.25) is 0 Å². The van der Waals surface area contributed by atoms with Gasteiger partial charge < -0.3 is 37.9 Å². The van der Waals surface area contributed by atoms with Crippen LogP contribution in [-0.2, 0) is 33.8 Å². The van der Waals surface area contributed by atoms with E-state index >= 15 is 0 Å². The van der Waals surface area contributed by atoms with Gasteiger partial charge in [0.05, 0.1) is 71.5 Å². The molecule has 7 rings (SSSR count). The van der Waals surface area contributed by atoms with E-state index in [0.29, 0.717) is 66.1 Å². The second-order valence-electron chi connectivity index (χ2n) is 11.9. The summed E-state index contributed by atoms with van der Waals surface area (Å²) in [5.41, 5.74) is 6.88. The maximum atomic E-state index is 6.03. The Kier molecular flexibility index (Phi) is 10.4. The Morgan fingerprint density at radius 2 is 0.851 bits per heavy atom. The van der Waals surface area contributed by atoms with Crippen molar-refractivity contribution < 1.29 is 37.9 Å². The van der Waals surface area contributed by atoms with Crippen LogP contribution >= 0.6 is 0 Å². The van der Waals surface area contributed by atoms with Crippen molar-refractivity contribution in [1.82, 2.24) is 0 Å². The van der Waals surface area contributed by atoms with Gasteiger partial charge in [0, 0.05) is 0 Å². The van der Waals surface area contributed by atoms with Crippen molar-refractivity contribution >= 4 is 0 Å². The van der Waals surface area contributed by atoms with Gasteiger partial charge in [-0.15, -0.1) is 0 Å². The molecule has 0 spiro atoms. The normalized spacial score (nSPS) is 18.4. The van der Waals surface area contributed by atoms with Crippen molar-refractivity contribution in [2.75, 3.05) is 79.3 Å². The minimum absolute atomic E-state index is 0.277. The minimum Gasteiger partial charge on any atom is -0.491 e. The fraction of sp³-hybridized carbons (Fsp3) is 0.385. The average molecular weight is 639 g/mol. The van der Waals surface area contributed by atoms with Crippen molar-refractivity contribution in [3.63, 3.8) is 0 Å². The Morgan fingerprint density at radius 3 is 1.28 bits per heavy atom. The molecule has 2 saturated heterocycles. The van der Waals surface area contributed by atoms with E-state index in [9.17, 15) is 0 Å². The highest BCUT2D eigenvalue weighted by Gasteiger charge is 2.45. The summed E-state index contributed by atoms with van der Waals surface area (Å²) in [4.78, 5) is 0. The number of fused-ring (bicyclic) bond motifs is 3. The van der Waals surface area contributed by atoms with E-state index < -0.39 is 5.41 Å². The van der Waals surface area contributed by atoms with Gasteiger partial charge in [0.15, 0.2) is 0 Å². The van der Waals surface area contributed by atoms with Gasteiger partial charge in [-0.25, -0.2) is 0 Å². The Morgan fingerprint density at radius 1 is 0.468 bits per heavy atom. The molecule has 4 aromatic carbocycles. The van der Waals surface area contributed by atoms with E-state index in [1.165, 1.54) is 33.4 Å². The molecule has 2 heterocycles. The summed E-state index contributed by atoms with van der Waals surface area (Å²) in [5, 5.41) is 0. The number of benzene rings is 4. The fourth-order valence-corrected chi connectivity index (χ4v) is 6.26. The van der Waals surface area contributed by atoms with Gasteiger partial charge in [-0.2, -0.15) is 0 Å². The summed E-state index contributed by atoms with van der Waals surface area (Å²) < 4.78 is 44.7.